The summed E-state index contributed by atoms with van der Waals surface area (Å²) >= 11 is 0. The highest BCUT2D eigenvalue weighted by atomic mass is 19.1. The Hall–Kier alpha value is -3.48. The van der Waals surface area contributed by atoms with Crippen molar-refractivity contribution in [1.29, 1.82) is 0 Å². The van der Waals surface area contributed by atoms with E-state index in [2.05, 4.69) is 5.10 Å². The number of halogens is 1. The van der Waals surface area contributed by atoms with E-state index in [0.717, 1.165) is 44.9 Å². The molecule has 6 nitrogen and oxygen atoms in total. The van der Waals surface area contributed by atoms with Gasteiger partial charge in [0.1, 0.15) is 11.4 Å². The number of hydrogen-bond donors (Lipinski definition) is 1. The van der Waals surface area contributed by atoms with Crippen LogP contribution in [0.2, 0.25) is 0 Å². The second-order valence-electron chi connectivity index (χ2n) is 10.8. The molecule has 2 aliphatic carbocycles. The van der Waals surface area contributed by atoms with Crippen LogP contribution in [0.5, 0.6) is 0 Å². The molecule has 1 aromatic heterocycles. The van der Waals surface area contributed by atoms with Gasteiger partial charge in [-0.1, -0.05) is 37.1 Å². The average Bonchev–Trinajstić information content (AvgIpc) is 3.41. The maximum absolute atomic E-state index is 16.0. The van der Waals surface area contributed by atoms with Gasteiger partial charge in [0.15, 0.2) is 0 Å². The second-order valence-corrected chi connectivity index (χ2v) is 10.8. The van der Waals surface area contributed by atoms with E-state index < -0.39 is 11.8 Å². The highest BCUT2D eigenvalue weighted by molar-refractivity contribution is 5.96. The zero-order chi connectivity index (χ0) is 25.5. The van der Waals surface area contributed by atoms with Crippen LogP contribution in [-0.2, 0) is 0 Å². The quantitative estimate of drug-likeness (QED) is 0.422. The van der Waals surface area contributed by atoms with Crippen LogP contribution in [-0.4, -0.2) is 44.3 Å². The molecule has 0 spiro atoms. The van der Waals surface area contributed by atoms with Crippen LogP contribution < -0.4 is 0 Å². The van der Waals surface area contributed by atoms with Gasteiger partial charge in [0.05, 0.1) is 23.1 Å². The van der Waals surface area contributed by atoms with E-state index in [1.54, 1.807) is 22.9 Å². The van der Waals surface area contributed by atoms with E-state index >= 15 is 4.39 Å². The number of carbonyl (C=O) groups excluding carboxylic acids is 1. The minimum Gasteiger partial charge on any atom is -0.478 e. The number of carbonyl (C=O) groups is 2. The number of amides is 1. The number of carboxylic acid groups (broad SMARTS) is 1. The van der Waals surface area contributed by atoms with Crippen molar-refractivity contribution in [3.05, 3.63) is 71.3 Å². The van der Waals surface area contributed by atoms with Crippen molar-refractivity contribution in [2.24, 2.45) is 5.92 Å². The van der Waals surface area contributed by atoms with Crippen LogP contribution in [0.25, 0.3) is 16.8 Å². The molecule has 1 amide bonds. The van der Waals surface area contributed by atoms with Gasteiger partial charge in [-0.2, -0.15) is 5.10 Å². The maximum Gasteiger partial charge on any atom is 0.339 e. The van der Waals surface area contributed by atoms with Crippen LogP contribution in [0, 0.1) is 11.7 Å². The Balaban J connectivity index is 1.33. The molecule has 37 heavy (non-hydrogen) atoms. The van der Waals surface area contributed by atoms with Crippen LogP contribution in [0.1, 0.15) is 90.1 Å². The van der Waals surface area contributed by atoms with Crippen molar-refractivity contribution in [2.75, 3.05) is 6.54 Å². The van der Waals surface area contributed by atoms with Gasteiger partial charge >= 0.3 is 5.97 Å². The first-order chi connectivity index (χ1) is 18.0. The third-order valence-corrected chi connectivity index (χ3v) is 8.39. The predicted octanol–water partition coefficient (Wildman–Crippen LogP) is 6.44. The molecular formula is C30H32FN3O3. The first-order valence-corrected chi connectivity index (χ1v) is 13.5. The van der Waals surface area contributed by atoms with Gasteiger partial charge in [-0.3, -0.25) is 4.79 Å². The molecule has 7 heteroatoms. The van der Waals surface area contributed by atoms with Crippen molar-refractivity contribution >= 4 is 11.9 Å². The minimum atomic E-state index is -0.991. The number of aromatic nitrogens is 2. The summed E-state index contributed by atoms with van der Waals surface area (Å²) < 4.78 is 17.6. The number of aromatic carboxylic acids is 1. The molecular weight excluding hydrogens is 469 g/mol. The summed E-state index contributed by atoms with van der Waals surface area (Å²) in [5.74, 6) is -1.00. The van der Waals surface area contributed by atoms with Crippen molar-refractivity contribution in [2.45, 2.75) is 69.7 Å². The maximum atomic E-state index is 16.0. The molecule has 1 aliphatic heterocycles. The fraction of sp³-hybridized carbons (Fsp3) is 0.433. The molecule has 3 aromatic rings. The summed E-state index contributed by atoms with van der Waals surface area (Å²) in [4.78, 5) is 27.3. The standard InChI is InChI=1S/C30H32FN3O3/c31-27-23(11-6-12-24(27)29(35)33-16-4-3-13-26(33)19-7-1-2-8-19)21-9-5-10-22(17-21)34-28(20-14-15-20)25(18-32-34)30(36)37/h5-6,9-12,17-20,26H,1-4,7-8,13-16H2,(H,36,37)/t26-/m0/s1. The van der Waals surface area contributed by atoms with Crippen LogP contribution in [0.3, 0.4) is 0 Å². The summed E-state index contributed by atoms with van der Waals surface area (Å²) in [6.07, 6.45) is 11.1. The van der Waals surface area contributed by atoms with Crippen molar-refractivity contribution in [3.8, 4) is 16.8 Å². The Morgan fingerprint density at radius 2 is 1.68 bits per heavy atom. The van der Waals surface area contributed by atoms with Crippen molar-refractivity contribution in [3.63, 3.8) is 0 Å². The Morgan fingerprint density at radius 1 is 0.919 bits per heavy atom. The highest BCUT2D eigenvalue weighted by Gasteiger charge is 2.36. The summed E-state index contributed by atoms with van der Waals surface area (Å²) in [7, 11) is 0. The van der Waals surface area contributed by atoms with Gasteiger partial charge in [-0.25, -0.2) is 13.9 Å². The van der Waals surface area contributed by atoms with Crippen LogP contribution in [0.4, 0.5) is 4.39 Å². The highest BCUT2D eigenvalue weighted by Crippen LogP contribution is 2.43. The number of nitrogens with zero attached hydrogens (tertiary/aromatic N) is 3. The summed E-state index contributed by atoms with van der Waals surface area (Å²) in [6.45, 7) is 0.689. The first kappa shape index (κ1) is 23.9. The molecule has 3 aliphatic rings. The largest absolute Gasteiger partial charge is 0.478 e. The van der Waals surface area contributed by atoms with Gasteiger partial charge in [0.2, 0.25) is 0 Å². The molecule has 1 atom stereocenters. The topological polar surface area (TPSA) is 75.4 Å². The molecule has 1 N–H and O–H groups in total. The van der Waals surface area contributed by atoms with E-state index in [4.69, 9.17) is 0 Å². The van der Waals surface area contributed by atoms with Gasteiger partial charge in [0, 0.05) is 24.1 Å². The molecule has 0 radical (unpaired) electrons. The predicted molar refractivity (Wildman–Crippen MR) is 139 cm³/mol. The second kappa shape index (κ2) is 9.77. The van der Waals surface area contributed by atoms with E-state index in [0.29, 0.717) is 35.0 Å². The van der Waals surface area contributed by atoms with Gasteiger partial charge in [-0.15, -0.1) is 0 Å². The van der Waals surface area contributed by atoms with Gasteiger partial charge in [0.25, 0.3) is 5.91 Å². The zero-order valence-corrected chi connectivity index (χ0v) is 20.9. The number of hydrogen-bond acceptors (Lipinski definition) is 3. The normalized spacial score (nSPS) is 20.4. The van der Waals surface area contributed by atoms with E-state index in [1.165, 1.54) is 19.0 Å². The lowest BCUT2D eigenvalue weighted by Crippen LogP contribution is -2.47. The Bertz CT molecular complexity index is 1340. The molecule has 2 saturated carbocycles. The number of benzene rings is 2. The third kappa shape index (κ3) is 4.45. The Labute approximate surface area is 216 Å². The minimum absolute atomic E-state index is 0.124. The van der Waals surface area contributed by atoms with Crippen molar-refractivity contribution in [1.82, 2.24) is 14.7 Å². The lowest BCUT2D eigenvalue weighted by Gasteiger charge is -2.39. The van der Waals surface area contributed by atoms with Crippen molar-refractivity contribution < 1.29 is 19.1 Å². The SMILES string of the molecule is O=C(O)c1cnn(-c2cccc(-c3cccc(C(=O)N4CCCC[C@H]4C4CCCC4)c3F)c2)c1C1CC1. The van der Waals surface area contributed by atoms with Gasteiger partial charge < -0.3 is 10.0 Å². The fourth-order valence-electron chi connectivity index (χ4n) is 6.40. The van der Waals surface area contributed by atoms with Gasteiger partial charge in [-0.05, 0) is 74.6 Å². The number of rotatable bonds is 6. The van der Waals surface area contributed by atoms with E-state index in [1.807, 2.05) is 29.2 Å². The number of piperidine rings is 1. The molecule has 3 fully saturated rings. The number of likely N-dealkylation sites (tertiary alicyclic amines) is 1. The fourth-order valence-corrected chi connectivity index (χ4v) is 6.40. The molecule has 6 rings (SSSR count). The zero-order valence-electron chi connectivity index (χ0n) is 20.9. The van der Waals surface area contributed by atoms with E-state index in [9.17, 15) is 14.7 Å². The third-order valence-electron chi connectivity index (χ3n) is 8.39. The smallest absolute Gasteiger partial charge is 0.339 e. The van der Waals surface area contributed by atoms with Crippen LogP contribution in [0.15, 0.2) is 48.7 Å². The molecule has 2 heterocycles. The Kier molecular flexibility index (Phi) is 6.31. The molecule has 0 unspecified atom stereocenters. The molecule has 1 saturated heterocycles. The average molecular weight is 502 g/mol. The lowest BCUT2D eigenvalue weighted by atomic mass is 9.88. The summed E-state index contributed by atoms with van der Waals surface area (Å²) in [6, 6.07) is 12.6. The molecule has 0 bridgehead atoms. The summed E-state index contributed by atoms with van der Waals surface area (Å²) in [5.41, 5.74) is 2.70. The summed E-state index contributed by atoms with van der Waals surface area (Å²) in [5, 5.41) is 14.0. The monoisotopic (exact) mass is 501 g/mol. The first-order valence-electron chi connectivity index (χ1n) is 13.5. The van der Waals surface area contributed by atoms with E-state index in [-0.39, 0.29) is 29.0 Å². The molecule has 2 aromatic carbocycles. The molecule has 192 valence electrons. The number of carboxylic acids is 1. The Morgan fingerprint density at radius 3 is 2.43 bits per heavy atom. The van der Waals surface area contributed by atoms with Crippen LogP contribution >= 0.6 is 0 Å². The lowest BCUT2D eigenvalue weighted by molar-refractivity contribution is 0.0513.